The van der Waals surface area contributed by atoms with Crippen LogP contribution in [0.5, 0.6) is 0 Å². The Hall–Kier alpha value is -2.04. The minimum Gasteiger partial charge on any atom is -0.462 e. The van der Waals surface area contributed by atoms with Crippen molar-refractivity contribution in [3.63, 3.8) is 0 Å². The SMILES string of the molecule is CC[C@@H](C)[C@@H](N)C(=O)OC[C@H]1O[C@@H](n2ncc(=O)[nH]c2=O)C[C@H]1O. The number of nitrogens with zero attached hydrogens (tertiary/aromatic N) is 2. The van der Waals surface area contributed by atoms with E-state index < -0.39 is 41.7 Å². The number of rotatable bonds is 6. The maximum absolute atomic E-state index is 11.9. The van der Waals surface area contributed by atoms with E-state index in [9.17, 15) is 19.5 Å². The highest BCUT2D eigenvalue weighted by Gasteiger charge is 2.37. The molecule has 1 aromatic rings. The molecule has 1 aliphatic rings. The molecule has 1 aliphatic heterocycles. The van der Waals surface area contributed by atoms with Crippen LogP contribution in [0.15, 0.2) is 15.8 Å². The van der Waals surface area contributed by atoms with Crippen LogP contribution in [0.4, 0.5) is 0 Å². The molecule has 5 atom stereocenters. The van der Waals surface area contributed by atoms with Crippen LogP contribution in [-0.2, 0) is 14.3 Å². The number of aliphatic hydroxyl groups is 1. The minimum absolute atomic E-state index is 0.0245. The maximum atomic E-state index is 11.9. The lowest BCUT2D eigenvalue weighted by Gasteiger charge is -2.19. The van der Waals surface area contributed by atoms with Crippen molar-refractivity contribution in [3.05, 3.63) is 27.0 Å². The van der Waals surface area contributed by atoms with E-state index in [1.54, 1.807) is 0 Å². The molecule has 0 aromatic carbocycles. The molecule has 0 unspecified atom stereocenters. The second-order valence-electron chi connectivity index (χ2n) is 5.86. The molecular weight excluding hydrogens is 320 g/mol. The number of aromatic nitrogens is 3. The number of hydrogen-bond donors (Lipinski definition) is 3. The highest BCUT2D eigenvalue weighted by atomic mass is 16.6. The van der Waals surface area contributed by atoms with Gasteiger partial charge in [-0.3, -0.25) is 14.6 Å². The molecule has 0 amide bonds. The monoisotopic (exact) mass is 342 g/mol. The molecule has 2 rings (SSSR count). The molecular formula is C14H22N4O6. The first-order valence-corrected chi connectivity index (χ1v) is 7.77. The minimum atomic E-state index is -0.941. The van der Waals surface area contributed by atoms with Crippen LogP contribution in [0.2, 0.25) is 0 Å². The smallest absolute Gasteiger partial charge is 0.347 e. The first-order chi connectivity index (χ1) is 11.3. The second kappa shape index (κ2) is 7.69. The fraction of sp³-hybridized carbons (Fsp3) is 0.714. The summed E-state index contributed by atoms with van der Waals surface area (Å²) in [6, 6.07) is -0.743. The van der Waals surface area contributed by atoms with Gasteiger partial charge in [-0.25, -0.2) is 4.79 Å². The first kappa shape index (κ1) is 18.3. The topological polar surface area (TPSA) is 150 Å². The lowest BCUT2D eigenvalue weighted by Crippen LogP contribution is -2.40. The maximum Gasteiger partial charge on any atom is 0.347 e. The lowest BCUT2D eigenvalue weighted by atomic mass is 10.0. The van der Waals surface area contributed by atoms with E-state index in [1.807, 2.05) is 13.8 Å². The molecule has 1 saturated heterocycles. The zero-order chi connectivity index (χ0) is 17.9. The Bertz CT molecular complexity index is 686. The Labute approximate surface area is 137 Å². The molecule has 0 spiro atoms. The fourth-order valence-electron chi connectivity index (χ4n) is 2.33. The molecule has 0 bridgehead atoms. The Kier molecular flexibility index (Phi) is 5.86. The quantitative estimate of drug-likeness (QED) is 0.528. The molecule has 10 heteroatoms. The zero-order valence-electron chi connectivity index (χ0n) is 13.5. The van der Waals surface area contributed by atoms with Crippen LogP contribution in [-0.4, -0.2) is 50.7 Å². The predicted molar refractivity (Wildman–Crippen MR) is 82.0 cm³/mol. The van der Waals surface area contributed by atoms with Crippen molar-refractivity contribution in [3.8, 4) is 0 Å². The van der Waals surface area contributed by atoms with Crippen molar-refractivity contribution in [2.45, 2.75) is 51.2 Å². The average Bonchev–Trinajstić information content (AvgIpc) is 2.91. The number of carbonyl (C=O) groups is 1. The van der Waals surface area contributed by atoms with Gasteiger partial charge >= 0.3 is 11.7 Å². The van der Waals surface area contributed by atoms with Crippen molar-refractivity contribution in [2.75, 3.05) is 6.61 Å². The molecule has 1 aromatic heterocycles. The van der Waals surface area contributed by atoms with E-state index in [4.69, 9.17) is 15.2 Å². The third kappa shape index (κ3) is 4.08. The molecule has 2 heterocycles. The number of nitrogens with two attached hydrogens (primary N) is 1. The number of aliphatic hydroxyl groups excluding tert-OH is 1. The molecule has 0 radical (unpaired) electrons. The van der Waals surface area contributed by atoms with Gasteiger partial charge in [-0.05, 0) is 5.92 Å². The number of esters is 1. The van der Waals surface area contributed by atoms with E-state index in [0.29, 0.717) is 0 Å². The predicted octanol–water partition coefficient (Wildman–Crippen LogP) is -1.50. The normalized spacial score (nSPS) is 26.1. The molecule has 10 nitrogen and oxygen atoms in total. The summed E-state index contributed by atoms with van der Waals surface area (Å²) in [7, 11) is 0. The van der Waals surface area contributed by atoms with E-state index in [0.717, 1.165) is 17.3 Å². The average molecular weight is 342 g/mol. The zero-order valence-corrected chi connectivity index (χ0v) is 13.5. The summed E-state index contributed by atoms with van der Waals surface area (Å²) < 4.78 is 11.5. The van der Waals surface area contributed by atoms with Gasteiger partial charge in [-0.1, -0.05) is 20.3 Å². The summed E-state index contributed by atoms with van der Waals surface area (Å²) in [4.78, 5) is 36.6. The molecule has 1 fully saturated rings. The van der Waals surface area contributed by atoms with E-state index in [2.05, 4.69) is 10.1 Å². The van der Waals surface area contributed by atoms with E-state index in [-0.39, 0.29) is 18.9 Å². The number of hydrogen-bond acceptors (Lipinski definition) is 8. The van der Waals surface area contributed by atoms with Crippen molar-refractivity contribution in [1.29, 1.82) is 0 Å². The van der Waals surface area contributed by atoms with E-state index >= 15 is 0 Å². The molecule has 0 aliphatic carbocycles. The molecule has 4 N–H and O–H groups in total. The van der Waals surface area contributed by atoms with Crippen LogP contribution in [0.25, 0.3) is 0 Å². The van der Waals surface area contributed by atoms with Crippen LogP contribution in [0, 0.1) is 5.92 Å². The Morgan fingerprint density at radius 2 is 2.33 bits per heavy atom. The molecule has 0 saturated carbocycles. The number of carbonyl (C=O) groups excluding carboxylic acids is 1. The Morgan fingerprint density at radius 3 is 2.96 bits per heavy atom. The Balaban J connectivity index is 1.95. The highest BCUT2D eigenvalue weighted by molar-refractivity contribution is 5.75. The van der Waals surface area contributed by atoms with Gasteiger partial charge in [0, 0.05) is 6.42 Å². The van der Waals surface area contributed by atoms with Gasteiger partial charge < -0.3 is 20.3 Å². The largest absolute Gasteiger partial charge is 0.462 e. The van der Waals surface area contributed by atoms with Gasteiger partial charge in [0.15, 0.2) is 6.23 Å². The number of aromatic amines is 1. The number of ether oxygens (including phenoxy) is 2. The third-order valence-corrected chi connectivity index (χ3v) is 4.13. The van der Waals surface area contributed by atoms with Gasteiger partial charge in [-0.15, -0.1) is 0 Å². The van der Waals surface area contributed by atoms with Crippen LogP contribution in [0.3, 0.4) is 0 Å². The lowest BCUT2D eigenvalue weighted by molar-refractivity contribution is -0.153. The summed E-state index contributed by atoms with van der Waals surface area (Å²) in [5, 5.41) is 13.7. The standard InChI is InChI=1S/C14H22N4O6/c1-3-7(2)12(15)13(21)23-6-9-8(19)4-11(24-9)18-14(22)17-10(20)5-16-18/h5,7-9,11-12,19H,3-4,6,15H2,1-2H3,(H,17,20,22)/t7-,8-,9-,11-,12-/m1/s1. The van der Waals surface area contributed by atoms with Crippen molar-refractivity contribution in [1.82, 2.24) is 14.8 Å². The number of H-pyrrole nitrogens is 1. The van der Waals surface area contributed by atoms with Crippen LogP contribution >= 0.6 is 0 Å². The van der Waals surface area contributed by atoms with Crippen LogP contribution in [0.1, 0.15) is 32.9 Å². The van der Waals surface area contributed by atoms with Gasteiger partial charge in [0.2, 0.25) is 0 Å². The summed E-state index contributed by atoms with van der Waals surface area (Å²) >= 11 is 0. The first-order valence-electron chi connectivity index (χ1n) is 7.77. The highest BCUT2D eigenvalue weighted by Crippen LogP contribution is 2.27. The van der Waals surface area contributed by atoms with Crippen molar-refractivity contribution >= 4 is 5.97 Å². The van der Waals surface area contributed by atoms with Crippen molar-refractivity contribution in [2.24, 2.45) is 11.7 Å². The summed E-state index contributed by atoms with van der Waals surface area (Å²) in [6.07, 6.45) is -0.834. The summed E-state index contributed by atoms with van der Waals surface area (Å²) in [5.41, 5.74) is 4.41. The Morgan fingerprint density at radius 1 is 1.62 bits per heavy atom. The van der Waals surface area contributed by atoms with E-state index in [1.165, 1.54) is 0 Å². The van der Waals surface area contributed by atoms with Gasteiger partial charge in [0.05, 0.1) is 6.10 Å². The van der Waals surface area contributed by atoms with Gasteiger partial charge in [0.25, 0.3) is 5.56 Å². The summed E-state index contributed by atoms with van der Waals surface area (Å²) in [6.45, 7) is 3.58. The third-order valence-electron chi connectivity index (χ3n) is 4.13. The van der Waals surface area contributed by atoms with Gasteiger partial charge in [-0.2, -0.15) is 9.78 Å². The van der Waals surface area contributed by atoms with Crippen LogP contribution < -0.4 is 17.0 Å². The molecule has 134 valence electrons. The van der Waals surface area contributed by atoms with Gasteiger partial charge in [0.1, 0.15) is 24.9 Å². The number of nitrogens with one attached hydrogen (secondary N) is 1. The fourth-order valence-corrected chi connectivity index (χ4v) is 2.33. The second-order valence-corrected chi connectivity index (χ2v) is 5.86. The van der Waals surface area contributed by atoms with Crippen molar-refractivity contribution < 1.29 is 19.4 Å². The summed E-state index contributed by atoms with van der Waals surface area (Å²) in [5.74, 6) is -0.591. The molecule has 24 heavy (non-hydrogen) atoms.